The fourth-order valence-electron chi connectivity index (χ4n) is 1.35. The molecule has 0 N–H and O–H groups in total. The first kappa shape index (κ1) is 21.2. The van der Waals surface area contributed by atoms with Gasteiger partial charge in [0, 0.05) is 0 Å². The standard InChI is InChI=1S/C9H12.C5H5.F6P.Fe/c1-2-6-9-7-4-3-5-8-9;1-2-4-5-3-1;1-7(2,3,4,5)6;/h3-5,7-8H,2,6H2,1H3;1-3H,4H2;;/q;;-1;. The normalized spacial score (nSPS) is 16.3. The van der Waals surface area contributed by atoms with Gasteiger partial charge in [0.05, 0.1) is 0 Å². The van der Waals surface area contributed by atoms with Crippen LogP contribution >= 0.6 is 7.81 Å². The Hall–Kier alpha value is -0.771. The summed E-state index contributed by atoms with van der Waals surface area (Å²) in [4.78, 5) is 0. The average Bonchev–Trinajstić information content (AvgIpc) is 2.79. The maximum absolute atomic E-state index is 10.7. The van der Waals surface area contributed by atoms with E-state index in [1.54, 1.807) is 0 Å². The van der Waals surface area contributed by atoms with Crippen LogP contribution in [-0.4, -0.2) is 0 Å². The van der Waals surface area contributed by atoms with Gasteiger partial charge in [-0.1, -0.05) is 43.7 Å². The predicted molar refractivity (Wildman–Crippen MR) is 75.8 cm³/mol. The fraction of sp³-hybridized carbons (Fsp3) is 0.286. The minimum atomic E-state index is -10.7. The quantitative estimate of drug-likeness (QED) is 0.282. The third kappa shape index (κ3) is 21.5. The van der Waals surface area contributed by atoms with Gasteiger partial charge in [0.1, 0.15) is 0 Å². The van der Waals surface area contributed by atoms with Crippen LogP contribution in [0, 0.1) is 0 Å². The van der Waals surface area contributed by atoms with Crippen LogP contribution in [0.2, 0.25) is 0 Å². The van der Waals surface area contributed by atoms with E-state index in [2.05, 4.69) is 59.3 Å². The van der Waals surface area contributed by atoms with Crippen LogP contribution in [0.5, 0.6) is 0 Å². The molecule has 0 aromatic heterocycles. The van der Waals surface area contributed by atoms with Crippen molar-refractivity contribution in [2.24, 2.45) is 0 Å². The summed E-state index contributed by atoms with van der Waals surface area (Å²) in [7, 11) is -10.7. The van der Waals surface area contributed by atoms with Crippen molar-refractivity contribution in [3.8, 4) is 0 Å². The molecule has 2 rings (SSSR count). The number of allylic oxidation sites excluding steroid dienone is 4. The summed E-state index contributed by atoms with van der Waals surface area (Å²) in [6, 6.07) is 10.6. The first-order valence-electron chi connectivity index (χ1n) is 6.38. The Labute approximate surface area is 134 Å². The first-order valence-corrected chi connectivity index (χ1v) is 8.96. The van der Waals surface area contributed by atoms with Gasteiger partial charge in [-0.15, -0.1) is 0 Å². The van der Waals surface area contributed by atoms with Gasteiger partial charge in [0.2, 0.25) is 0 Å². The first-order chi connectivity index (χ1) is 9.78. The van der Waals surface area contributed by atoms with Crippen LogP contribution in [0.4, 0.5) is 25.2 Å². The zero-order valence-corrected chi connectivity index (χ0v) is 13.8. The monoisotopic (exact) mass is 386 g/mol. The molecule has 0 amide bonds. The van der Waals surface area contributed by atoms with E-state index in [1.165, 1.54) is 22.9 Å². The third-order valence-corrected chi connectivity index (χ3v) is 2.51. The summed E-state index contributed by atoms with van der Waals surface area (Å²) in [5, 5.41) is 0. The SMILES string of the molecule is CCCc1ccccc1.F[P-](F)(F)(F)(F)F.[Fe][C]1=CC=CC1. The van der Waals surface area contributed by atoms with Gasteiger partial charge in [-0.05, 0) is 12.0 Å². The summed E-state index contributed by atoms with van der Waals surface area (Å²) in [5.74, 6) is 0. The second-order valence-corrected chi connectivity index (χ2v) is 7.05. The van der Waals surface area contributed by atoms with E-state index in [0.717, 1.165) is 6.42 Å². The van der Waals surface area contributed by atoms with Crippen molar-refractivity contribution in [2.75, 3.05) is 0 Å². The van der Waals surface area contributed by atoms with Crippen molar-refractivity contribution >= 4 is 7.81 Å². The number of rotatable bonds is 2. The zero-order chi connectivity index (χ0) is 17.3. The van der Waals surface area contributed by atoms with Crippen LogP contribution in [-0.2, 0) is 22.4 Å². The van der Waals surface area contributed by atoms with Crippen LogP contribution < -0.4 is 0 Å². The Bertz CT molecular complexity index is 493. The predicted octanol–water partition coefficient (Wildman–Crippen LogP) is 7.40. The molecular weight excluding hydrogens is 369 g/mol. The molecule has 1 aromatic carbocycles. The van der Waals surface area contributed by atoms with E-state index >= 15 is 0 Å². The van der Waals surface area contributed by atoms with Crippen molar-refractivity contribution in [1.82, 2.24) is 0 Å². The summed E-state index contributed by atoms with van der Waals surface area (Å²) in [6.45, 7) is 2.20. The molecule has 129 valence electrons. The molecule has 8 heteroatoms. The topological polar surface area (TPSA) is 0 Å². The van der Waals surface area contributed by atoms with Crippen LogP contribution in [0.1, 0.15) is 25.3 Å². The molecule has 1 aliphatic carbocycles. The van der Waals surface area contributed by atoms with Crippen LogP contribution in [0.15, 0.2) is 53.0 Å². The zero-order valence-electron chi connectivity index (χ0n) is 11.8. The molecule has 0 heterocycles. The van der Waals surface area contributed by atoms with Crippen molar-refractivity contribution in [1.29, 1.82) is 0 Å². The third-order valence-electron chi connectivity index (χ3n) is 2.10. The molecule has 22 heavy (non-hydrogen) atoms. The Morgan fingerprint density at radius 3 is 1.77 bits per heavy atom. The molecule has 0 spiro atoms. The molecule has 0 fully saturated rings. The van der Waals surface area contributed by atoms with Gasteiger partial charge in [-0.2, -0.15) is 0 Å². The van der Waals surface area contributed by atoms with E-state index in [1.807, 2.05) is 12.2 Å². The molecule has 0 atom stereocenters. The van der Waals surface area contributed by atoms with Crippen molar-refractivity contribution in [3.63, 3.8) is 0 Å². The van der Waals surface area contributed by atoms with Gasteiger partial charge in [0.15, 0.2) is 0 Å². The van der Waals surface area contributed by atoms with Gasteiger partial charge in [0.25, 0.3) is 0 Å². The Morgan fingerprint density at radius 2 is 1.50 bits per heavy atom. The number of benzene rings is 1. The number of aryl methyl sites for hydroxylation is 1. The number of hydrogen-bond donors (Lipinski definition) is 0. The van der Waals surface area contributed by atoms with E-state index in [0.29, 0.717) is 0 Å². The second kappa shape index (κ2) is 7.67. The maximum atomic E-state index is 9.87. The molecule has 0 saturated heterocycles. The molecule has 0 unspecified atom stereocenters. The van der Waals surface area contributed by atoms with Gasteiger partial charge < -0.3 is 0 Å². The number of hydrogen-bond acceptors (Lipinski definition) is 0. The van der Waals surface area contributed by atoms with Gasteiger partial charge >= 0.3 is 78.1 Å². The molecule has 0 radical (unpaired) electrons. The summed E-state index contributed by atoms with van der Waals surface area (Å²) >= 11 is 3.74. The minimum absolute atomic E-state index is 1.06. The summed E-state index contributed by atoms with van der Waals surface area (Å²) < 4.78 is 60.4. The summed E-state index contributed by atoms with van der Waals surface area (Å²) in [6.07, 6.45) is 9.66. The van der Waals surface area contributed by atoms with Crippen molar-refractivity contribution in [3.05, 3.63) is 58.6 Å². The average molecular weight is 386 g/mol. The van der Waals surface area contributed by atoms with E-state index < -0.39 is 7.81 Å². The Morgan fingerprint density at radius 1 is 1.00 bits per heavy atom. The van der Waals surface area contributed by atoms with E-state index in [-0.39, 0.29) is 0 Å². The van der Waals surface area contributed by atoms with Gasteiger partial charge in [-0.3, -0.25) is 0 Å². The molecule has 0 saturated carbocycles. The second-order valence-electron chi connectivity index (χ2n) is 4.42. The summed E-state index contributed by atoms with van der Waals surface area (Å²) in [5.41, 5.74) is 1.44. The molecule has 1 aliphatic rings. The van der Waals surface area contributed by atoms with Crippen molar-refractivity contribution in [2.45, 2.75) is 26.2 Å². The molecule has 0 bridgehead atoms. The molecule has 0 aliphatic heterocycles. The molecule has 1 aromatic rings. The number of halogens is 6. The van der Waals surface area contributed by atoms with Crippen molar-refractivity contribution < 1.29 is 41.2 Å². The Balaban J connectivity index is 0.000000308. The van der Waals surface area contributed by atoms with E-state index in [4.69, 9.17) is 0 Å². The van der Waals surface area contributed by atoms with Crippen LogP contribution in [0.3, 0.4) is 0 Å². The van der Waals surface area contributed by atoms with Gasteiger partial charge in [-0.25, -0.2) is 0 Å². The fourth-order valence-corrected chi connectivity index (χ4v) is 1.59. The van der Waals surface area contributed by atoms with Crippen LogP contribution in [0.25, 0.3) is 0 Å². The van der Waals surface area contributed by atoms with E-state index in [9.17, 15) is 25.2 Å². The molecule has 0 nitrogen and oxygen atoms in total. The molecular formula is C14H17F6FeP-. The Kier molecular flexibility index (Phi) is 7.40.